The molecule has 1 amide bonds. The molecule has 1 atom stereocenters. The van der Waals surface area contributed by atoms with Crippen molar-refractivity contribution in [2.75, 3.05) is 19.0 Å². The van der Waals surface area contributed by atoms with Crippen LogP contribution in [0.5, 0.6) is 5.75 Å². The number of aryl methyl sites for hydroxylation is 2. The Kier molecular flexibility index (Phi) is 5.11. The van der Waals surface area contributed by atoms with Crippen molar-refractivity contribution in [1.82, 2.24) is 10.2 Å². The highest BCUT2D eigenvalue weighted by Gasteiger charge is 2.38. The van der Waals surface area contributed by atoms with Gasteiger partial charge in [0.2, 0.25) is 5.13 Å². The Bertz CT molecular complexity index is 693. The number of methoxy groups -OCH3 is 1. The maximum absolute atomic E-state index is 12.3. The van der Waals surface area contributed by atoms with Crippen molar-refractivity contribution in [1.29, 1.82) is 0 Å². The third-order valence-electron chi connectivity index (χ3n) is 4.17. The molecule has 1 aromatic heterocycles. The Morgan fingerprint density at radius 3 is 2.79 bits per heavy atom. The van der Waals surface area contributed by atoms with Gasteiger partial charge in [-0.1, -0.05) is 23.5 Å². The summed E-state index contributed by atoms with van der Waals surface area (Å²) in [6.07, 6.45) is 3.30. The van der Waals surface area contributed by atoms with Gasteiger partial charge in [0, 0.05) is 13.0 Å². The molecule has 7 heteroatoms. The average Bonchev–Trinajstić information content (AvgIpc) is 3.23. The van der Waals surface area contributed by atoms with Crippen molar-refractivity contribution in [3.8, 4) is 5.75 Å². The minimum absolute atomic E-state index is 0.141. The normalized spacial score (nSPS) is 20.1. The van der Waals surface area contributed by atoms with Crippen molar-refractivity contribution in [2.45, 2.75) is 38.2 Å². The lowest BCUT2D eigenvalue weighted by Gasteiger charge is -2.20. The van der Waals surface area contributed by atoms with Gasteiger partial charge in [-0.3, -0.25) is 10.1 Å². The molecule has 1 unspecified atom stereocenters. The number of nitrogens with one attached hydrogen (secondary N) is 1. The lowest BCUT2D eigenvalue weighted by molar-refractivity contribution is -0.133. The molecule has 128 valence electrons. The van der Waals surface area contributed by atoms with E-state index in [0.29, 0.717) is 11.7 Å². The second-order valence-corrected chi connectivity index (χ2v) is 7.05. The number of rotatable bonds is 6. The van der Waals surface area contributed by atoms with E-state index in [1.54, 1.807) is 7.11 Å². The van der Waals surface area contributed by atoms with Crippen molar-refractivity contribution in [3.63, 3.8) is 0 Å². The summed E-state index contributed by atoms with van der Waals surface area (Å²) in [6, 6.07) is 7.98. The zero-order valence-electron chi connectivity index (χ0n) is 13.9. The van der Waals surface area contributed by atoms with E-state index in [-0.39, 0.29) is 5.91 Å². The van der Waals surface area contributed by atoms with Crippen molar-refractivity contribution >= 4 is 22.4 Å². The Morgan fingerprint density at radius 1 is 1.33 bits per heavy atom. The molecule has 0 radical (unpaired) electrons. The Balaban J connectivity index is 1.54. The largest absolute Gasteiger partial charge is 0.497 e. The van der Waals surface area contributed by atoms with Crippen molar-refractivity contribution < 1.29 is 14.3 Å². The van der Waals surface area contributed by atoms with Gasteiger partial charge >= 0.3 is 0 Å². The molecule has 0 aliphatic carbocycles. The van der Waals surface area contributed by atoms with Gasteiger partial charge in [0.25, 0.3) is 5.91 Å². The van der Waals surface area contributed by atoms with Gasteiger partial charge in [0.15, 0.2) is 0 Å². The molecule has 6 nitrogen and oxygen atoms in total. The number of nitrogens with zero attached hydrogens (tertiary/aromatic N) is 2. The van der Waals surface area contributed by atoms with Gasteiger partial charge in [-0.2, -0.15) is 0 Å². The lowest BCUT2D eigenvalue weighted by atomic mass is 10.0. The Morgan fingerprint density at radius 2 is 2.12 bits per heavy atom. The standard InChI is InChI=1S/C17H21N3O3S/c1-17(10-3-11-23-17)15(21)18-16-20-19-14(24-16)9-6-12-4-7-13(22-2)8-5-12/h4-5,7-8H,3,6,9-11H2,1-2H3,(H,18,20,21). The number of carbonyl (C=O) groups is 1. The molecule has 1 fully saturated rings. The summed E-state index contributed by atoms with van der Waals surface area (Å²) < 4.78 is 10.7. The monoisotopic (exact) mass is 347 g/mol. The van der Waals surface area contributed by atoms with E-state index < -0.39 is 5.60 Å². The highest BCUT2D eigenvalue weighted by atomic mass is 32.1. The van der Waals surface area contributed by atoms with Crippen molar-refractivity contribution in [3.05, 3.63) is 34.8 Å². The summed E-state index contributed by atoms with van der Waals surface area (Å²) in [4.78, 5) is 12.3. The Labute approximate surface area is 145 Å². The number of ether oxygens (including phenoxy) is 2. The van der Waals surface area contributed by atoms with E-state index in [4.69, 9.17) is 9.47 Å². The summed E-state index contributed by atoms with van der Waals surface area (Å²) in [5, 5.41) is 12.5. The molecular formula is C17H21N3O3S. The van der Waals surface area contributed by atoms with Gasteiger partial charge in [0.1, 0.15) is 16.4 Å². The fourth-order valence-electron chi connectivity index (χ4n) is 2.64. The predicted molar refractivity (Wildman–Crippen MR) is 92.5 cm³/mol. The predicted octanol–water partition coefficient (Wildman–Crippen LogP) is 2.84. The molecule has 2 heterocycles. The van der Waals surface area contributed by atoms with E-state index in [1.165, 1.54) is 16.9 Å². The van der Waals surface area contributed by atoms with E-state index in [2.05, 4.69) is 15.5 Å². The first-order valence-electron chi connectivity index (χ1n) is 8.00. The molecule has 1 aromatic carbocycles. The van der Waals surface area contributed by atoms with Crippen LogP contribution in [-0.2, 0) is 22.4 Å². The molecule has 2 aromatic rings. The molecule has 24 heavy (non-hydrogen) atoms. The molecule has 1 aliphatic heterocycles. The maximum Gasteiger partial charge on any atom is 0.258 e. The summed E-state index contributed by atoms with van der Waals surface area (Å²) in [7, 11) is 1.66. The highest BCUT2D eigenvalue weighted by molar-refractivity contribution is 7.15. The molecule has 1 N–H and O–H groups in total. The van der Waals surface area contributed by atoms with E-state index >= 15 is 0 Å². The van der Waals surface area contributed by atoms with Crippen LogP contribution in [0.1, 0.15) is 30.3 Å². The minimum atomic E-state index is -0.741. The molecule has 0 bridgehead atoms. The zero-order chi connectivity index (χ0) is 17.0. The zero-order valence-corrected chi connectivity index (χ0v) is 14.7. The summed E-state index contributed by atoms with van der Waals surface area (Å²) in [5.74, 6) is 0.708. The fourth-order valence-corrected chi connectivity index (χ4v) is 3.37. The number of aromatic nitrogens is 2. The van der Waals surface area contributed by atoms with Crippen LogP contribution in [0.2, 0.25) is 0 Å². The highest BCUT2D eigenvalue weighted by Crippen LogP contribution is 2.27. The molecule has 0 saturated carbocycles. The number of amides is 1. The van der Waals surface area contributed by atoms with Crippen LogP contribution in [-0.4, -0.2) is 35.4 Å². The molecule has 1 saturated heterocycles. The third-order valence-corrected chi connectivity index (χ3v) is 5.07. The first-order valence-corrected chi connectivity index (χ1v) is 8.81. The van der Waals surface area contributed by atoms with Crippen LogP contribution < -0.4 is 10.1 Å². The Hall–Kier alpha value is -1.99. The number of carbonyl (C=O) groups excluding carboxylic acids is 1. The first kappa shape index (κ1) is 16.9. The van der Waals surface area contributed by atoms with Gasteiger partial charge in [-0.05, 0) is 43.9 Å². The van der Waals surface area contributed by atoms with Gasteiger partial charge in [-0.15, -0.1) is 10.2 Å². The summed E-state index contributed by atoms with van der Waals surface area (Å²) in [6.45, 7) is 2.45. The molecule has 3 rings (SSSR count). The number of benzene rings is 1. The van der Waals surface area contributed by atoms with E-state index in [0.717, 1.165) is 36.4 Å². The summed E-state index contributed by atoms with van der Waals surface area (Å²) >= 11 is 1.41. The number of anilines is 1. The van der Waals surface area contributed by atoms with Crippen molar-refractivity contribution in [2.24, 2.45) is 0 Å². The van der Waals surface area contributed by atoms with Crippen LogP contribution in [0, 0.1) is 0 Å². The average molecular weight is 347 g/mol. The first-order chi connectivity index (χ1) is 11.6. The number of hydrogen-bond donors (Lipinski definition) is 1. The van der Waals surface area contributed by atoms with E-state index in [9.17, 15) is 4.79 Å². The molecule has 1 aliphatic rings. The van der Waals surface area contributed by atoms with Gasteiger partial charge in [0.05, 0.1) is 7.11 Å². The molecular weight excluding hydrogens is 326 g/mol. The second kappa shape index (κ2) is 7.27. The quantitative estimate of drug-likeness (QED) is 0.870. The van der Waals surface area contributed by atoms with E-state index in [1.807, 2.05) is 31.2 Å². The van der Waals surface area contributed by atoms with Crippen LogP contribution in [0.3, 0.4) is 0 Å². The molecule has 0 spiro atoms. The SMILES string of the molecule is COc1ccc(CCc2nnc(NC(=O)C3(C)CCCO3)s2)cc1. The van der Waals surface area contributed by atoms with Crippen LogP contribution in [0.15, 0.2) is 24.3 Å². The fraction of sp³-hybridized carbons (Fsp3) is 0.471. The summed E-state index contributed by atoms with van der Waals surface area (Å²) in [5.41, 5.74) is 0.470. The lowest BCUT2D eigenvalue weighted by Crippen LogP contribution is -2.39. The number of hydrogen-bond acceptors (Lipinski definition) is 6. The van der Waals surface area contributed by atoms with Gasteiger partial charge < -0.3 is 9.47 Å². The van der Waals surface area contributed by atoms with Crippen LogP contribution in [0.4, 0.5) is 5.13 Å². The second-order valence-electron chi connectivity index (χ2n) is 5.99. The van der Waals surface area contributed by atoms with Gasteiger partial charge in [-0.25, -0.2) is 0 Å². The minimum Gasteiger partial charge on any atom is -0.497 e. The van der Waals surface area contributed by atoms with Crippen LogP contribution in [0.25, 0.3) is 0 Å². The smallest absolute Gasteiger partial charge is 0.258 e. The maximum atomic E-state index is 12.3. The van der Waals surface area contributed by atoms with Crippen LogP contribution >= 0.6 is 11.3 Å². The third kappa shape index (κ3) is 3.91. The topological polar surface area (TPSA) is 73.3 Å².